The molecule has 7 heteroatoms. The van der Waals surface area contributed by atoms with Crippen molar-refractivity contribution in [3.8, 4) is 0 Å². The first kappa shape index (κ1) is 22.2. The van der Waals surface area contributed by atoms with Crippen LogP contribution in [0.4, 0.5) is 0 Å². The van der Waals surface area contributed by atoms with Gasteiger partial charge in [0.1, 0.15) is 0 Å². The Hall–Kier alpha value is -2.96. The van der Waals surface area contributed by atoms with E-state index in [1.54, 1.807) is 23.0 Å². The standard InChI is InChI=1S/C25H27ClN4O2/c26-21-9-7-19(8-10-21)24(22-5-1-3-13-28-22)30(25(32)20-11-14-27-15-12-20)18-17-29-16-4-2-6-23(29)31/h1-10,13,16,20,24,27H,11-12,14-15,17-18H2. The van der Waals surface area contributed by atoms with Crippen molar-refractivity contribution in [2.45, 2.75) is 25.4 Å². The zero-order valence-electron chi connectivity index (χ0n) is 17.9. The first-order valence-electron chi connectivity index (χ1n) is 11.0. The van der Waals surface area contributed by atoms with E-state index in [0.29, 0.717) is 18.1 Å². The molecule has 1 aliphatic heterocycles. The van der Waals surface area contributed by atoms with Crippen LogP contribution in [0.25, 0.3) is 0 Å². The predicted octanol–water partition coefficient (Wildman–Crippen LogP) is 3.51. The number of hydrogen-bond donors (Lipinski definition) is 1. The lowest BCUT2D eigenvalue weighted by Crippen LogP contribution is -2.45. The third kappa shape index (κ3) is 5.26. The summed E-state index contributed by atoms with van der Waals surface area (Å²) in [5.41, 5.74) is 1.65. The van der Waals surface area contributed by atoms with Crippen LogP contribution >= 0.6 is 11.6 Å². The highest BCUT2D eigenvalue weighted by molar-refractivity contribution is 6.30. The molecule has 1 saturated heterocycles. The van der Waals surface area contributed by atoms with E-state index in [-0.39, 0.29) is 23.4 Å². The van der Waals surface area contributed by atoms with Crippen LogP contribution in [-0.2, 0) is 11.3 Å². The van der Waals surface area contributed by atoms with Crippen molar-refractivity contribution < 1.29 is 4.79 Å². The topological polar surface area (TPSA) is 67.2 Å². The highest BCUT2D eigenvalue weighted by Gasteiger charge is 2.33. The minimum atomic E-state index is -0.365. The molecule has 1 unspecified atom stereocenters. The Kier molecular flexibility index (Phi) is 7.35. The molecule has 3 aromatic rings. The summed E-state index contributed by atoms with van der Waals surface area (Å²) >= 11 is 6.14. The fourth-order valence-electron chi connectivity index (χ4n) is 4.22. The SMILES string of the molecule is O=C(C1CCNCC1)N(CCn1ccccc1=O)C(c1ccc(Cl)cc1)c1ccccn1. The lowest BCUT2D eigenvalue weighted by molar-refractivity contribution is -0.138. The normalized spacial score (nSPS) is 15.3. The number of halogens is 1. The summed E-state index contributed by atoms with van der Waals surface area (Å²) in [7, 11) is 0. The van der Waals surface area contributed by atoms with Crippen molar-refractivity contribution in [2.75, 3.05) is 19.6 Å². The number of nitrogens with one attached hydrogen (secondary N) is 1. The first-order valence-corrected chi connectivity index (χ1v) is 11.3. The number of aromatic nitrogens is 2. The first-order chi connectivity index (χ1) is 15.6. The molecule has 1 aliphatic rings. The molecule has 3 heterocycles. The Morgan fingerprint density at radius 3 is 2.53 bits per heavy atom. The molecule has 1 N–H and O–H groups in total. The molecule has 0 spiro atoms. The van der Waals surface area contributed by atoms with Crippen LogP contribution in [0.2, 0.25) is 5.02 Å². The summed E-state index contributed by atoms with van der Waals surface area (Å²) in [6, 6.07) is 18.0. The van der Waals surface area contributed by atoms with E-state index in [0.717, 1.165) is 37.2 Å². The monoisotopic (exact) mass is 450 g/mol. The Morgan fingerprint density at radius 2 is 1.84 bits per heavy atom. The maximum absolute atomic E-state index is 13.8. The van der Waals surface area contributed by atoms with Gasteiger partial charge in [0, 0.05) is 42.5 Å². The summed E-state index contributed by atoms with van der Waals surface area (Å²) in [4.78, 5) is 32.6. The molecule has 166 valence electrons. The van der Waals surface area contributed by atoms with Crippen LogP contribution in [0, 0.1) is 5.92 Å². The number of carbonyl (C=O) groups is 1. The van der Waals surface area contributed by atoms with E-state index in [9.17, 15) is 9.59 Å². The van der Waals surface area contributed by atoms with Gasteiger partial charge in [-0.25, -0.2) is 0 Å². The fourth-order valence-corrected chi connectivity index (χ4v) is 4.35. The Labute approximate surface area is 192 Å². The van der Waals surface area contributed by atoms with E-state index in [2.05, 4.69) is 10.3 Å². The molecule has 0 radical (unpaired) electrons. The van der Waals surface area contributed by atoms with Crippen molar-refractivity contribution in [1.29, 1.82) is 0 Å². The van der Waals surface area contributed by atoms with Gasteiger partial charge < -0.3 is 14.8 Å². The maximum atomic E-state index is 13.8. The molecule has 1 amide bonds. The van der Waals surface area contributed by atoms with Gasteiger partial charge >= 0.3 is 0 Å². The number of hydrogen-bond acceptors (Lipinski definition) is 4. The van der Waals surface area contributed by atoms with Gasteiger partial charge in [-0.2, -0.15) is 0 Å². The van der Waals surface area contributed by atoms with Crippen LogP contribution in [0.3, 0.4) is 0 Å². The van der Waals surface area contributed by atoms with Gasteiger partial charge in [-0.1, -0.05) is 35.9 Å². The average molecular weight is 451 g/mol. The number of carbonyl (C=O) groups excluding carboxylic acids is 1. The molecule has 32 heavy (non-hydrogen) atoms. The summed E-state index contributed by atoms with van der Waals surface area (Å²) in [6.07, 6.45) is 5.10. The molecule has 6 nitrogen and oxygen atoms in total. The van der Waals surface area contributed by atoms with Crippen LogP contribution in [0.15, 0.2) is 77.9 Å². The van der Waals surface area contributed by atoms with E-state index in [1.807, 2.05) is 53.4 Å². The fraction of sp³-hybridized carbons (Fsp3) is 0.320. The average Bonchev–Trinajstić information content (AvgIpc) is 2.84. The summed E-state index contributed by atoms with van der Waals surface area (Å²) in [5.74, 6) is 0.0448. The predicted molar refractivity (Wildman–Crippen MR) is 126 cm³/mol. The third-order valence-corrected chi connectivity index (χ3v) is 6.17. The maximum Gasteiger partial charge on any atom is 0.250 e. The van der Waals surface area contributed by atoms with Crippen molar-refractivity contribution in [1.82, 2.24) is 19.8 Å². The third-order valence-electron chi connectivity index (χ3n) is 5.92. The Balaban J connectivity index is 1.73. The van der Waals surface area contributed by atoms with Crippen LogP contribution in [0.5, 0.6) is 0 Å². The highest BCUT2D eigenvalue weighted by atomic mass is 35.5. The van der Waals surface area contributed by atoms with Gasteiger partial charge in [-0.05, 0) is 61.8 Å². The summed E-state index contributed by atoms with van der Waals surface area (Å²) < 4.78 is 1.64. The van der Waals surface area contributed by atoms with Gasteiger partial charge in [-0.15, -0.1) is 0 Å². The molecule has 1 aromatic carbocycles. The number of benzene rings is 1. The Bertz CT molecular complexity index is 1080. The molecule has 0 bridgehead atoms. The van der Waals surface area contributed by atoms with Crippen LogP contribution < -0.4 is 10.9 Å². The molecular weight excluding hydrogens is 424 g/mol. The molecule has 2 aromatic heterocycles. The quantitative estimate of drug-likeness (QED) is 0.598. The minimum Gasteiger partial charge on any atom is -0.328 e. The number of pyridine rings is 2. The zero-order chi connectivity index (χ0) is 22.3. The van der Waals surface area contributed by atoms with E-state index in [4.69, 9.17) is 11.6 Å². The zero-order valence-corrected chi connectivity index (χ0v) is 18.6. The van der Waals surface area contributed by atoms with E-state index >= 15 is 0 Å². The van der Waals surface area contributed by atoms with Gasteiger partial charge in [0.05, 0.1) is 11.7 Å². The van der Waals surface area contributed by atoms with Crippen molar-refractivity contribution >= 4 is 17.5 Å². The number of nitrogens with zero attached hydrogens (tertiary/aromatic N) is 3. The van der Waals surface area contributed by atoms with Gasteiger partial charge in [0.25, 0.3) is 5.56 Å². The number of amides is 1. The van der Waals surface area contributed by atoms with Gasteiger partial charge in [0.15, 0.2) is 0 Å². The lowest BCUT2D eigenvalue weighted by Gasteiger charge is -2.36. The smallest absolute Gasteiger partial charge is 0.250 e. The second kappa shape index (κ2) is 10.6. The van der Waals surface area contributed by atoms with Crippen molar-refractivity contribution in [2.24, 2.45) is 5.92 Å². The van der Waals surface area contributed by atoms with Crippen molar-refractivity contribution in [3.63, 3.8) is 0 Å². The lowest BCUT2D eigenvalue weighted by atomic mass is 9.93. The van der Waals surface area contributed by atoms with Crippen molar-refractivity contribution in [3.05, 3.63) is 99.7 Å². The molecule has 0 aliphatic carbocycles. The van der Waals surface area contributed by atoms with Gasteiger partial charge in [-0.3, -0.25) is 14.6 Å². The number of piperidine rings is 1. The molecule has 0 saturated carbocycles. The van der Waals surface area contributed by atoms with Crippen LogP contribution in [-0.4, -0.2) is 40.0 Å². The molecular formula is C25H27ClN4O2. The minimum absolute atomic E-state index is 0.0535. The van der Waals surface area contributed by atoms with Gasteiger partial charge in [0.2, 0.25) is 5.91 Å². The number of rotatable bonds is 7. The summed E-state index contributed by atoms with van der Waals surface area (Å²) in [6.45, 7) is 2.47. The van der Waals surface area contributed by atoms with E-state index < -0.39 is 0 Å². The Morgan fingerprint density at radius 1 is 1.09 bits per heavy atom. The molecule has 1 fully saturated rings. The largest absolute Gasteiger partial charge is 0.328 e. The second-order valence-corrected chi connectivity index (χ2v) is 8.43. The molecule has 1 atom stereocenters. The second-order valence-electron chi connectivity index (χ2n) is 8.00. The van der Waals surface area contributed by atoms with E-state index in [1.165, 1.54) is 6.07 Å². The highest BCUT2D eigenvalue weighted by Crippen LogP contribution is 2.31. The summed E-state index contributed by atoms with van der Waals surface area (Å²) in [5, 5.41) is 3.97. The molecule has 4 rings (SSSR count). The van der Waals surface area contributed by atoms with Crippen LogP contribution in [0.1, 0.15) is 30.1 Å².